The molecule has 2 rings (SSSR count). The molecule has 2 aromatic rings. The van der Waals surface area contributed by atoms with Gasteiger partial charge in [0.2, 0.25) is 0 Å². The topological polar surface area (TPSA) is 75.6 Å². The molecule has 0 bridgehead atoms. The molecule has 0 spiro atoms. The average molecular weight is 299 g/mol. The number of aliphatic carboxylic acids is 1. The number of nitrogens with one attached hydrogen (secondary N) is 1. The van der Waals surface area contributed by atoms with E-state index in [0.29, 0.717) is 11.3 Å². The lowest BCUT2D eigenvalue weighted by atomic mass is 10.1. The first kappa shape index (κ1) is 15.7. The molecule has 0 radical (unpaired) electrons. The number of amides is 1. The van der Waals surface area contributed by atoms with Gasteiger partial charge in [-0.15, -0.1) is 0 Å². The Morgan fingerprint density at radius 3 is 2.50 bits per heavy atom. The second kappa shape index (κ2) is 7.38. The lowest BCUT2D eigenvalue weighted by Gasteiger charge is -2.16. The molecule has 5 nitrogen and oxygen atoms in total. The molecule has 114 valence electrons. The standard InChI is InChI=1S/C17H17NO4/c1-22-16(13-7-3-2-4-8-13)17(21)18-14-9-5-6-12(10-14)11-15(19)20/h2-10,16H,11H2,1H3,(H,18,21)(H,19,20)/t16-/m1/s1. The summed E-state index contributed by atoms with van der Waals surface area (Å²) in [5.74, 6) is -1.22. The predicted octanol–water partition coefficient (Wildman–Crippen LogP) is 2.64. The van der Waals surface area contributed by atoms with Crippen molar-refractivity contribution in [3.63, 3.8) is 0 Å². The van der Waals surface area contributed by atoms with Gasteiger partial charge in [-0.1, -0.05) is 42.5 Å². The van der Waals surface area contributed by atoms with Gasteiger partial charge in [0.1, 0.15) is 0 Å². The number of hydrogen-bond acceptors (Lipinski definition) is 3. The lowest BCUT2D eigenvalue weighted by Crippen LogP contribution is -2.22. The molecule has 0 heterocycles. The quantitative estimate of drug-likeness (QED) is 0.859. The molecule has 0 saturated heterocycles. The normalized spacial score (nSPS) is 11.7. The van der Waals surface area contributed by atoms with E-state index in [9.17, 15) is 9.59 Å². The van der Waals surface area contributed by atoms with Gasteiger partial charge in [0.25, 0.3) is 5.91 Å². The number of rotatable bonds is 6. The Labute approximate surface area is 128 Å². The zero-order chi connectivity index (χ0) is 15.9. The van der Waals surface area contributed by atoms with Crippen LogP contribution in [0.15, 0.2) is 54.6 Å². The highest BCUT2D eigenvalue weighted by molar-refractivity contribution is 5.95. The third-order valence-electron chi connectivity index (χ3n) is 3.13. The molecule has 0 fully saturated rings. The van der Waals surface area contributed by atoms with Crippen molar-refractivity contribution in [2.75, 3.05) is 12.4 Å². The van der Waals surface area contributed by atoms with Crippen LogP contribution >= 0.6 is 0 Å². The minimum Gasteiger partial charge on any atom is -0.481 e. The van der Waals surface area contributed by atoms with E-state index >= 15 is 0 Å². The zero-order valence-electron chi connectivity index (χ0n) is 12.2. The van der Waals surface area contributed by atoms with E-state index in [1.807, 2.05) is 30.3 Å². The second-order valence-electron chi connectivity index (χ2n) is 4.79. The third-order valence-corrected chi connectivity index (χ3v) is 3.13. The Bertz CT molecular complexity index is 655. The summed E-state index contributed by atoms with van der Waals surface area (Å²) in [5.41, 5.74) is 1.92. The summed E-state index contributed by atoms with van der Waals surface area (Å²) in [6.45, 7) is 0. The lowest BCUT2D eigenvalue weighted by molar-refractivity contribution is -0.136. The summed E-state index contributed by atoms with van der Waals surface area (Å²) in [5, 5.41) is 11.6. The molecule has 2 N–H and O–H groups in total. The number of anilines is 1. The monoisotopic (exact) mass is 299 g/mol. The first-order valence-electron chi connectivity index (χ1n) is 6.79. The second-order valence-corrected chi connectivity index (χ2v) is 4.79. The van der Waals surface area contributed by atoms with Gasteiger partial charge in [-0.25, -0.2) is 0 Å². The van der Waals surface area contributed by atoms with Gasteiger partial charge >= 0.3 is 5.97 Å². The SMILES string of the molecule is CO[C@@H](C(=O)Nc1cccc(CC(=O)O)c1)c1ccccc1. The van der Waals surface area contributed by atoms with E-state index in [4.69, 9.17) is 9.84 Å². The molecule has 22 heavy (non-hydrogen) atoms. The minimum atomic E-state index is -0.914. The van der Waals surface area contributed by atoms with Gasteiger partial charge in [-0.3, -0.25) is 9.59 Å². The van der Waals surface area contributed by atoms with E-state index in [0.717, 1.165) is 5.56 Å². The highest BCUT2D eigenvalue weighted by Crippen LogP contribution is 2.19. The molecule has 1 atom stereocenters. The number of carbonyl (C=O) groups is 2. The Morgan fingerprint density at radius 2 is 1.86 bits per heavy atom. The summed E-state index contributed by atoms with van der Waals surface area (Å²) < 4.78 is 5.26. The Balaban J connectivity index is 2.12. The highest BCUT2D eigenvalue weighted by atomic mass is 16.5. The van der Waals surface area contributed by atoms with Crippen LogP contribution in [0.3, 0.4) is 0 Å². The maximum atomic E-state index is 12.3. The van der Waals surface area contributed by atoms with E-state index in [1.54, 1.807) is 24.3 Å². The van der Waals surface area contributed by atoms with Crippen molar-refractivity contribution < 1.29 is 19.4 Å². The third kappa shape index (κ3) is 4.17. The first-order valence-corrected chi connectivity index (χ1v) is 6.79. The van der Waals surface area contributed by atoms with Gasteiger partial charge in [-0.2, -0.15) is 0 Å². The molecule has 0 aliphatic heterocycles. The molecule has 0 aliphatic rings. The summed E-state index contributed by atoms with van der Waals surface area (Å²) in [6, 6.07) is 15.9. The molecule has 1 amide bonds. The molecule has 2 aromatic carbocycles. The van der Waals surface area contributed by atoms with Crippen LogP contribution in [0.4, 0.5) is 5.69 Å². The van der Waals surface area contributed by atoms with Crippen LogP contribution in [0, 0.1) is 0 Å². The van der Waals surface area contributed by atoms with Gasteiger partial charge in [0.15, 0.2) is 6.10 Å². The molecular formula is C17H17NO4. The van der Waals surface area contributed by atoms with Gasteiger partial charge in [0, 0.05) is 12.8 Å². The Hall–Kier alpha value is -2.66. The van der Waals surface area contributed by atoms with Crippen LogP contribution in [0.25, 0.3) is 0 Å². The molecular weight excluding hydrogens is 282 g/mol. The maximum absolute atomic E-state index is 12.3. The number of ether oxygens (including phenoxy) is 1. The summed E-state index contributed by atoms with van der Waals surface area (Å²) in [7, 11) is 1.47. The molecule has 5 heteroatoms. The van der Waals surface area contributed by atoms with Crippen molar-refractivity contribution in [2.24, 2.45) is 0 Å². The van der Waals surface area contributed by atoms with Crippen LogP contribution in [0.5, 0.6) is 0 Å². The average Bonchev–Trinajstić information content (AvgIpc) is 2.48. The van der Waals surface area contributed by atoms with E-state index in [-0.39, 0.29) is 12.3 Å². The van der Waals surface area contributed by atoms with Crippen LogP contribution in [-0.4, -0.2) is 24.1 Å². The number of methoxy groups -OCH3 is 1. The Kier molecular flexibility index (Phi) is 5.27. The van der Waals surface area contributed by atoms with E-state index in [1.165, 1.54) is 7.11 Å². The molecule has 0 unspecified atom stereocenters. The number of carbonyl (C=O) groups excluding carboxylic acids is 1. The fourth-order valence-electron chi connectivity index (χ4n) is 2.16. The fraction of sp³-hybridized carbons (Fsp3) is 0.176. The van der Waals surface area contributed by atoms with Crippen LogP contribution in [0.1, 0.15) is 17.2 Å². The van der Waals surface area contributed by atoms with Crippen molar-refractivity contribution in [3.8, 4) is 0 Å². The van der Waals surface area contributed by atoms with Gasteiger partial charge in [-0.05, 0) is 23.3 Å². The first-order chi connectivity index (χ1) is 10.6. The predicted molar refractivity (Wildman–Crippen MR) is 82.6 cm³/mol. The van der Waals surface area contributed by atoms with Crippen LogP contribution in [-0.2, 0) is 20.7 Å². The van der Waals surface area contributed by atoms with Crippen LogP contribution in [0.2, 0.25) is 0 Å². The van der Waals surface area contributed by atoms with Crippen LogP contribution < -0.4 is 5.32 Å². The molecule has 0 saturated carbocycles. The van der Waals surface area contributed by atoms with Crippen molar-refractivity contribution in [2.45, 2.75) is 12.5 Å². The van der Waals surface area contributed by atoms with Gasteiger partial charge < -0.3 is 15.2 Å². The smallest absolute Gasteiger partial charge is 0.307 e. The summed E-state index contributed by atoms with van der Waals surface area (Å²) in [4.78, 5) is 23.1. The van der Waals surface area contributed by atoms with E-state index in [2.05, 4.69) is 5.32 Å². The summed E-state index contributed by atoms with van der Waals surface area (Å²) in [6.07, 6.45) is -0.805. The van der Waals surface area contributed by atoms with Crippen molar-refractivity contribution in [3.05, 3.63) is 65.7 Å². The summed E-state index contributed by atoms with van der Waals surface area (Å²) >= 11 is 0. The number of hydrogen-bond donors (Lipinski definition) is 2. The maximum Gasteiger partial charge on any atom is 0.307 e. The fourth-order valence-corrected chi connectivity index (χ4v) is 2.16. The zero-order valence-corrected chi connectivity index (χ0v) is 12.2. The molecule has 0 aliphatic carbocycles. The largest absolute Gasteiger partial charge is 0.481 e. The molecule has 0 aromatic heterocycles. The number of benzene rings is 2. The number of carboxylic acids is 1. The van der Waals surface area contributed by atoms with Gasteiger partial charge in [0.05, 0.1) is 6.42 Å². The Morgan fingerprint density at radius 1 is 1.14 bits per heavy atom. The van der Waals surface area contributed by atoms with Crippen molar-refractivity contribution in [1.29, 1.82) is 0 Å². The highest BCUT2D eigenvalue weighted by Gasteiger charge is 2.19. The van der Waals surface area contributed by atoms with Crippen molar-refractivity contribution in [1.82, 2.24) is 0 Å². The van der Waals surface area contributed by atoms with E-state index < -0.39 is 12.1 Å². The number of carboxylic acid groups (broad SMARTS) is 1. The van der Waals surface area contributed by atoms with Crippen molar-refractivity contribution >= 4 is 17.6 Å². The minimum absolute atomic E-state index is 0.0872.